The SMILES string of the molecule is CCCn1cnnc1-c1ccn(C)n1. The van der Waals surface area contributed by atoms with E-state index >= 15 is 0 Å². The molecule has 5 nitrogen and oxygen atoms in total. The van der Waals surface area contributed by atoms with Gasteiger partial charge in [-0.05, 0) is 12.5 Å². The number of rotatable bonds is 3. The van der Waals surface area contributed by atoms with Crippen molar-refractivity contribution in [2.75, 3.05) is 0 Å². The van der Waals surface area contributed by atoms with E-state index in [-0.39, 0.29) is 0 Å². The number of hydrogen-bond acceptors (Lipinski definition) is 3. The Morgan fingerprint density at radius 1 is 1.43 bits per heavy atom. The van der Waals surface area contributed by atoms with E-state index in [9.17, 15) is 0 Å². The molecule has 0 saturated carbocycles. The number of hydrogen-bond donors (Lipinski definition) is 0. The molecule has 0 atom stereocenters. The van der Waals surface area contributed by atoms with E-state index in [0.29, 0.717) is 0 Å². The minimum atomic E-state index is 0.840. The zero-order valence-electron chi connectivity index (χ0n) is 8.38. The molecule has 0 aromatic carbocycles. The summed E-state index contributed by atoms with van der Waals surface area (Å²) in [5.74, 6) is 0.840. The van der Waals surface area contributed by atoms with Gasteiger partial charge in [0.1, 0.15) is 12.0 Å². The average molecular weight is 191 g/mol. The van der Waals surface area contributed by atoms with Crippen LogP contribution in [0.5, 0.6) is 0 Å². The van der Waals surface area contributed by atoms with E-state index in [1.807, 2.05) is 23.9 Å². The monoisotopic (exact) mass is 191 g/mol. The van der Waals surface area contributed by atoms with Gasteiger partial charge in [-0.15, -0.1) is 10.2 Å². The Morgan fingerprint density at radius 2 is 2.29 bits per heavy atom. The molecule has 0 bridgehead atoms. The number of nitrogens with zero attached hydrogens (tertiary/aromatic N) is 5. The molecule has 0 aliphatic carbocycles. The first-order valence-electron chi connectivity index (χ1n) is 4.69. The maximum absolute atomic E-state index is 4.29. The van der Waals surface area contributed by atoms with Gasteiger partial charge in [-0.1, -0.05) is 6.92 Å². The van der Waals surface area contributed by atoms with Crippen molar-refractivity contribution >= 4 is 0 Å². The first-order chi connectivity index (χ1) is 6.81. The molecule has 2 aromatic heterocycles. The van der Waals surface area contributed by atoms with Crippen molar-refractivity contribution in [2.24, 2.45) is 7.05 Å². The highest BCUT2D eigenvalue weighted by Gasteiger charge is 2.08. The predicted molar refractivity (Wildman–Crippen MR) is 52.5 cm³/mol. The molecule has 0 unspecified atom stereocenters. The molecule has 0 aliphatic heterocycles. The van der Waals surface area contributed by atoms with Crippen LogP contribution in [0, 0.1) is 0 Å². The normalized spacial score (nSPS) is 10.7. The van der Waals surface area contributed by atoms with Crippen molar-refractivity contribution in [1.29, 1.82) is 0 Å². The third kappa shape index (κ3) is 1.53. The zero-order valence-corrected chi connectivity index (χ0v) is 8.38. The maximum Gasteiger partial charge on any atom is 0.184 e. The lowest BCUT2D eigenvalue weighted by molar-refractivity contribution is 0.678. The smallest absolute Gasteiger partial charge is 0.184 e. The first kappa shape index (κ1) is 8.93. The molecule has 0 saturated heterocycles. The molecule has 0 amide bonds. The topological polar surface area (TPSA) is 48.5 Å². The third-order valence-corrected chi connectivity index (χ3v) is 2.02. The molecular formula is C9H13N5. The number of aromatic nitrogens is 5. The molecule has 2 rings (SSSR count). The quantitative estimate of drug-likeness (QED) is 0.729. The van der Waals surface area contributed by atoms with Crippen LogP contribution in [0.15, 0.2) is 18.6 Å². The lowest BCUT2D eigenvalue weighted by Gasteiger charge is -2.00. The van der Waals surface area contributed by atoms with E-state index in [2.05, 4.69) is 22.2 Å². The maximum atomic E-state index is 4.29. The molecule has 0 aliphatic rings. The molecule has 5 heteroatoms. The fourth-order valence-electron chi connectivity index (χ4n) is 1.39. The summed E-state index contributed by atoms with van der Waals surface area (Å²) in [7, 11) is 1.89. The van der Waals surface area contributed by atoms with Gasteiger partial charge in [0.2, 0.25) is 0 Å². The van der Waals surface area contributed by atoms with Crippen molar-refractivity contribution in [3.05, 3.63) is 18.6 Å². The molecule has 14 heavy (non-hydrogen) atoms. The summed E-state index contributed by atoms with van der Waals surface area (Å²) in [6.07, 6.45) is 4.71. The van der Waals surface area contributed by atoms with Crippen LogP contribution < -0.4 is 0 Å². The second kappa shape index (κ2) is 3.61. The van der Waals surface area contributed by atoms with Gasteiger partial charge in [-0.25, -0.2) is 0 Å². The van der Waals surface area contributed by atoms with Crippen LogP contribution in [0.1, 0.15) is 13.3 Å². The van der Waals surface area contributed by atoms with Crippen LogP contribution in [0.25, 0.3) is 11.5 Å². The third-order valence-electron chi connectivity index (χ3n) is 2.02. The van der Waals surface area contributed by atoms with Crippen molar-refractivity contribution in [1.82, 2.24) is 24.5 Å². The summed E-state index contributed by atoms with van der Waals surface area (Å²) < 4.78 is 3.78. The summed E-state index contributed by atoms with van der Waals surface area (Å²) in [4.78, 5) is 0. The minimum absolute atomic E-state index is 0.840. The van der Waals surface area contributed by atoms with Crippen LogP contribution in [0.3, 0.4) is 0 Å². The summed E-state index contributed by atoms with van der Waals surface area (Å²) in [5, 5.41) is 12.2. The van der Waals surface area contributed by atoms with Gasteiger partial charge in [0.15, 0.2) is 5.82 Å². The van der Waals surface area contributed by atoms with E-state index < -0.39 is 0 Å². The molecule has 0 radical (unpaired) electrons. The average Bonchev–Trinajstić information content (AvgIpc) is 2.74. The Labute approximate surface area is 82.4 Å². The van der Waals surface area contributed by atoms with Crippen LogP contribution >= 0.6 is 0 Å². The second-order valence-electron chi connectivity index (χ2n) is 3.22. The van der Waals surface area contributed by atoms with Gasteiger partial charge in [0.25, 0.3) is 0 Å². The Balaban J connectivity index is 2.36. The van der Waals surface area contributed by atoms with E-state index in [1.165, 1.54) is 0 Å². The van der Waals surface area contributed by atoms with Crippen LogP contribution in [-0.2, 0) is 13.6 Å². The Hall–Kier alpha value is -1.65. The highest BCUT2D eigenvalue weighted by molar-refractivity contribution is 5.47. The van der Waals surface area contributed by atoms with Gasteiger partial charge in [0, 0.05) is 19.8 Å². The highest BCUT2D eigenvalue weighted by atomic mass is 15.3. The largest absolute Gasteiger partial charge is 0.312 e. The first-order valence-corrected chi connectivity index (χ1v) is 4.69. The van der Waals surface area contributed by atoms with Crippen LogP contribution in [-0.4, -0.2) is 24.5 Å². The second-order valence-corrected chi connectivity index (χ2v) is 3.22. The minimum Gasteiger partial charge on any atom is -0.312 e. The molecule has 0 fully saturated rings. The Kier molecular flexibility index (Phi) is 2.30. The fraction of sp³-hybridized carbons (Fsp3) is 0.444. The molecule has 74 valence electrons. The van der Waals surface area contributed by atoms with Crippen molar-refractivity contribution < 1.29 is 0 Å². The lowest BCUT2D eigenvalue weighted by atomic mass is 10.4. The van der Waals surface area contributed by atoms with Crippen molar-refractivity contribution in [3.8, 4) is 11.5 Å². The predicted octanol–water partition coefficient (Wildman–Crippen LogP) is 1.09. The molecule has 2 aromatic rings. The standard InChI is InChI=1S/C9H13N5/c1-3-5-14-7-10-11-9(14)8-4-6-13(2)12-8/h4,6-7H,3,5H2,1-2H3. The molecule has 0 N–H and O–H groups in total. The Morgan fingerprint density at radius 3 is 2.93 bits per heavy atom. The zero-order chi connectivity index (χ0) is 9.97. The van der Waals surface area contributed by atoms with E-state index in [1.54, 1.807) is 11.0 Å². The van der Waals surface area contributed by atoms with E-state index in [4.69, 9.17) is 0 Å². The molecule has 0 spiro atoms. The van der Waals surface area contributed by atoms with Gasteiger partial charge < -0.3 is 4.57 Å². The number of aryl methyl sites for hydroxylation is 2. The van der Waals surface area contributed by atoms with Crippen molar-refractivity contribution in [3.63, 3.8) is 0 Å². The molecule has 2 heterocycles. The van der Waals surface area contributed by atoms with Gasteiger partial charge in [-0.3, -0.25) is 4.68 Å². The summed E-state index contributed by atoms with van der Waals surface area (Å²) in [6, 6.07) is 1.94. The van der Waals surface area contributed by atoms with Crippen LogP contribution in [0.4, 0.5) is 0 Å². The Bertz CT molecular complexity index is 414. The van der Waals surface area contributed by atoms with E-state index in [0.717, 1.165) is 24.5 Å². The summed E-state index contributed by atoms with van der Waals surface area (Å²) in [6.45, 7) is 3.06. The highest BCUT2D eigenvalue weighted by Crippen LogP contribution is 2.13. The summed E-state index contributed by atoms with van der Waals surface area (Å²) >= 11 is 0. The van der Waals surface area contributed by atoms with Gasteiger partial charge >= 0.3 is 0 Å². The molecular weight excluding hydrogens is 178 g/mol. The summed E-state index contributed by atoms with van der Waals surface area (Å²) in [5.41, 5.74) is 0.874. The van der Waals surface area contributed by atoms with Crippen LogP contribution in [0.2, 0.25) is 0 Å². The van der Waals surface area contributed by atoms with Gasteiger partial charge in [0.05, 0.1) is 0 Å². The lowest BCUT2D eigenvalue weighted by Crippen LogP contribution is -1.99. The van der Waals surface area contributed by atoms with Gasteiger partial charge in [-0.2, -0.15) is 5.10 Å². The fourth-order valence-corrected chi connectivity index (χ4v) is 1.39. The van der Waals surface area contributed by atoms with Crippen molar-refractivity contribution in [2.45, 2.75) is 19.9 Å².